The van der Waals surface area contributed by atoms with E-state index >= 15 is 0 Å². The van der Waals surface area contributed by atoms with Crippen molar-refractivity contribution in [2.24, 2.45) is 0 Å². The zero-order valence-corrected chi connectivity index (χ0v) is 23.2. The second-order valence-electron chi connectivity index (χ2n) is 11.0. The molecule has 0 saturated carbocycles. The van der Waals surface area contributed by atoms with Crippen LogP contribution >= 0.6 is 23.5 Å². The smallest absolute Gasteiger partial charge is 0.423 e. The lowest BCUT2D eigenvalue weighted by Crippen LogP contribution is -2.54. The zero-order valence-electron chi connectivity index (χ0n) is 21.5. The van der Waals surface area contributed by atoms with Crippen LogP contribution in [0.2, 0.25) is 0 Å². The van der Waals surface area contributed by atoms with E-state index in [9.17, 15) is 20.3 Å². The van der Waals surface area contributed by atoms with Crippen molar-refractivity contribution < 1.29 is 29.6 Å². The van der Waals surface area contributed by atoms with E-state index in [4.69, 9.17) is 9.31 Å². The third-order valence-corrected chi connectivity index (χ3v) is 8.29. The van der Waals surface area contributed by atoms with E-state index in [1.807, 2.05) is 0 Å². The molecule has 0 unspecified atom stereocenters. The van der Waals surface area contributed by atoms with Crippen molar-refractivity contribution in [1.82, 2.24) is 17.5 Å². The van der Waals surface area contributed by atoms with E-state index in [0.717, 1.165) is 23.5 Å². The first kappa shape index (κ1) is 27.3. The minimum Gasteiger partial charge on any atom is -0.423 e. The highest BCUT2D eigenvalue weighted by Crippen LogP contribution is 2.31. The van der Waals surface area contributed by atoms with E-state index in [1.165, 1.54) is 0 Å². The first-order valence-electron chi connectivity index (χ1n) is 11.5. The highest BCUT2D eigenvalue weighted by atomic mass is 32.1. The van der Waals surface area contributed by atoms with Gasteiger partial charge < -0.3 is 29.6 Å². The maximum absolute atomic E-state index is 11.3. The molecule has 4 aromatic rings. The van der Waals surface area contributed by atoms with Crippen molar-refractivity contribution >= 4 is 81.5 Å². The van der Waals surface area contributed by atoms with Crippen molar-refractivity contribution in [3.05, 3.63) is 12.1 Å². The molecule has 4 rings (SSSR count). The summed E-state index contributed by atoms with van der Waals surface area (Å²) in [5.74, 6) is 0. The van der Waals surface area contributed by atoms with Gasteiger partial charge >= 0.3 is 14.2 Å². The van der Waals surface area contributed by atoms with Gasteiger partial charge in [-0.3, -0.25) is 0 Å². The summed E-state index contributed by atoms with van der Waals surface area (Å²) in [6.45, 7) is 13.1. The Labute approximate surface area is 218 Å². The molecule has 0 saturated heterocycles. The van der Waals surface area contributed by atoms with Crippen LogP contribution in [0.1, 0.15) is 55.4 Å². The second-order valence-corrected chi connectivity index (χ2v) is 12.1. The quantitative estimate of drug-likeness (QED) is 0.245. The van der Waals surface area contributed by atoms with Gasteiger partial charge in [0.05, 0.1) is 45.9 Å². The van der Waals surface area contributed by atoms with Crippen molar-refractivity contribution in [1.29, 1.82) is 0 Å². The average Bonchev–Trinajstić information content (AvgIpc) is 3.38. The minimum atomic E-state index is -1.47. The standard InChI is InChI=1S/C22H30B2N4O6S2/c1-19(2,29)21(5,6)33-23(31)11-9-13-18(28-35-25-13)16-12(10-14-17(15(11)16)27-36-26-14)24(32)34-22(7,8)20(3,4)30/h9-10,29-32H,1-8H3. The SMILES string of the molecule is CC(C)(O)C(C)(C)OB(O)c1cc2nsnc2c2c(B(O)OC(C)(C)C(C)(C)O)cc3nsnc3c12. The topological polar surface area (TPSA) is 151 Å². The number of hydrogen-bond acceptors (Lipinski definition) is 12. The number of benzene rings is 2. The van der Waals surface area contributed by atoms with Gasteiger partial charge in [0.2, 0.25) is 0 Å². The molecule has 192 valence electrons. The van der Waals surface area contributed by atoms with Crippen LogP contribution in [0, 0.1) is 0 Å². The molecule has 4 N–H and O–H groups in total. The van der Waals surface area contributed by atoms with Crippen molar-refractivity contribution in [3.8, 4) is 0 Å². The molecule has 0 atom stereocenters. The van der Waals surface area contributed by atoms with Gasteiger partial charge in [0.1, 0.15) is 22.1 Å². The Morgan fingerprint density at radius 3 is 1.28 bits per heavy atom. The lowest BCUT2D eigenvalue weighted by atomic mass is 9.69. The maximum atomic E-state index is 11.3. The van der Waals surface area contributed by atoms with Gasteiger partial charge in [-0.1, -0.05) is 0 Å². The third-order valence-electron chi connectivity index (χ3n) is 7.20. The molecular weight excluding hydrogens is 502 g/mol. The van der Waals surface area contributed by atoms with Gasteiger partial charge in [-0.05, 0) is 78.4 Å². The van der Waals surface area contributed by atoms with Crippen LogP contribution in [-0.4, -0.2) is 74.4 Å². The lowest BCUT2D eigenvalue weighted by Gasteiger charge is -2.38. The molecule has 0 radical (unpaired) electrons. The van der Waals surface area contributed by atoms with Gasteiger partial charge in [-0.25, -0.2) is 0 Å². The normalized spacial score (nSPS) is 13.8. The van der Waals surface area contributed by atoms with Gasteiger partial charge in [0, 0.05) is 10.8 Å². The molecule has 10 nitrogen and oxygen atoms in total. The Hall–Kier alpha value is -1.77. The zero-order chi connectivity index (χ0) is 26.8. The predicted octanol–water partition coefficient (Wildman–Crippen LogP) is 1.36. The van der Waals surface area contributed by atoms with Crippen LogP contribution in [0.4, 0.5) is 0 Å². The monoisotopic (exact) mass is 532 g/mol. The lowest BCUT2D eigenvalue weighted by molar-refractivity contribution is -0.0982. The molecule has 2 heterocycles. The number of nitrogens with zero attached hydrogens (tertiary/aromatic N) is 4. The van der Waals surface area contributed by atoms with E-state index < -0.39 is 36.6 Å². The summed E-state index contributed by atoms with van der Waals surface area (Å²) in [5.41, 5.74) is -2.09. The summed E-state index contributed by atoms with van der Waals surface area (Å²) in [7, 11) is -2.93. The third kappa shape index (κ3) is 4.65. The molecule has 0 aliphatic carbocycles. The van der Waals surface area contributed by atoms with Crippen LogP contribution in [0.5, 0.6) is 0 Å². The Kier molecular flexibility index (Phi) is 6.75. The molecule has 2 aromatic carbocycles. The summed E-state index contributed by atoms with van der Waals surface area (Å²) in [6, 6.07) is 3.34. The van der Waals surface area contributed by atoms with Crippen LogP contribution in [-0.2, 0) is 9.31 Å². The summed E-state index contributed by atoms with van der Waals surface area (Å²) in [4.78, 5) is 0. The Morgan fingerprint density at radius 2 is 0.972 bits per heavy atom. The minimum absolute atomic E-state index is 0.344. The molecule has 0 spiro atoms. The van der Waals surface area contributed by atoms with Crippen LogP contribution in [0.25, 0.3) is 32.8 Å². The van der Waals surface area contributed by atoms with E-state index in [-0.39, 0.29) is 0 Å². The largest absolute Gasteiger partial charge is 0.492 e. The predicted molar refractivity (Wildman–Crippen MR) is 144 cm³/mol. The highest BCUT2D eigenvalue weighted by molar-refractivity contribution is 7.00. The van der Waals surface area contributed by atoms with E-state index in [0.29, 0.717) is 43.8 Å². The van der Waals surface area contributed by atoms with Crippen molar-refractivity contribution in [2.75, 3.05) is 0 Å². The molecule has 0 aliphatic rings. The van der Waals surface area contributed by atoms with Gasteiger partial charge in [0.25, 0.3) is 0 Å². The number of rotatable bonds is 8. The second kappa shape index (κ2) is 8.91. The highest BCUT2D eigenvalue weighted by Gasteiger charge is 2.42. The number of aliphatic hydroxyl groups is 2. The molecule has 0 bridgehead atoms. The molecule has 36 heavy (non-hydrogen) atoms. The fraction of sp³-hybridized carbons (Fsp3) is 0.545. The van der Waals surface area contributed by atoms with E-state index in [1.54, 1.807) is 67.5 Å². The first-order chi connectivity index (χ1) is 16.4. The van der Waals surface area contributed by atoms with Crippen molar-refractivity contribution in [3.63, 3.8) is 0 Å². The average molecular weight is 532 g/mol. The molecule has 14 heteroatoms. The Balaban J connectivity index is 1.99. The fourth-order valence-electron chi connectivity index (χ4n) is 3.53. The summed E-state index contributed by atoms with van der Waals surface area (Å²) < 4.78 is 29.5. The molecule has 0 aliphatic heterocycles. The maximum Gasteiger partial charge on any atom is 0.492 e. The number of fused-ring (bicyclic) bond motifs is 5. The summed E-state index contributed by atoms with van der Waals surface area (Å²) in [6.07, 6.45) is 0. The van der Waals surface area contributed by atoms with Gasteiger partial charge in [-0.2, -0.15) is 17.5 Å². The number of hydrogen-bond donors (Lipinski definition) is 4. The molecule has 0 fully saturated rings. The molecule has 0 amide bonds. The first-order valence-corrected chi connectivity index (χ1v) is 12.9. The summed E-state index contributed by atoms with van der Waals surface area (Å²) in [5, 5.41) is 44.7. The van der Waals surface area contributed by atoms with Crippen LogP contribution in [0.15, 0.2) is 12.1 Å². The summed E-state index contributed by atoms with van der Waals surface area (Å²) >= 11 is 1.98. The van der Waals surface area contributed by atoms with Gasteiger partial charge in [0.15, 0.2) is 0 Å². The van der Waals surface area contributed by atoms with Crippen LogP contribution in [0.3, 0.4) is 0 Å². The number of aromatic nitrogens is 4. The van der Waals surface area contributed by atoms with Crippen molar-refractivity contribution in [2.45, 2.75) is 77.8 Å². The molecular formula is C22H30B2N4O6S2. The van der Waals surface area contributed by atoms with Crippen LogP contribution < -0.4 is 10.9 Å². The fourth-order valence-corrected chi connectivity index (χ4v) is 4.60. The van der Waals surface area contributed by atoms with Gasteiger partial charge in [-0.15, -0.1) is 0 Å². The Bertz CT molecular complexity index is 1320. The van der Waals surface area contributed by atoms with E-state index in [2.05, 4.69) is 17.5 Å². The molecule has 2 aromatic heterocycles. The Morgan fingerprint density at radius 1 is 0.639 bits per heavy atom.